The van der Waals surface area contributed by atoms with Gasteiger partial charge in [-0.2, -0.15) is 0 Å². The van der Waals surface area contributed by atoms with Crippen molar-refractivity contribution in [1.29, 1.82) is 0 Å². The lowest BCUT2D eigenvalue weighted by molar-refractivity contribution is -0.139. The van der Waals surface area contributed by atoms with Crippen molar-refractivity contribution in [2.24, 2.45) is 0 Å². The molecule has 2 rings (SSSR count). The Bertz CT molecular complexity index is 494. The highest BCUT2D eigenvalue weighted by atomic mass is 32.1. The maximum absolute atomic E-state index is 12.4. The largest absolute Gasteiger partial charge is 0.481 e. The van der Waals surface area contributed by atoms with Gasteiger partial charge < -0.3 is 15.2 Å². The standard InChI is InChI=1S/C13H18N2O4S/c1-2-9-11(20-8-14-9)12(18)15-13(7-10(16)17)3-5-19-6-4-13/h8H,2-7H2,1H3,(H,15,18)(H,16,17). The number of rotatable bonds is 5. The molecule has 1 fully saturated rings. The SMILES string of the molecule is CCc1ncsc1C(=O)NC1(CC(=O)O)CCOCC1. The van der Waals surface area contributed by atoms with E-state index in [0.717, 1.165) is 5.69 Å². The van der Waals surface area contributed by atoms with Crippen molar-refractivity contribution < 1.29 is 19.4 Å². The Labute approximate surface area is 121 Å². The third kappa shape index (κ3) is 3.34. The molecule has 0 radical (unpaired) electrons. The molecule has 0 aliphatic carbocycles. The van der Waals surface area contributed by atoms with E-state index in [1.807, 2.05) is 6.92 Å². The average Bonchev–Trinajstić information content (AvgIpc) is 2.87. The normalized spacial score (nSPS) is 17.6. The second-order valence-electron chi connectivity index (χ2n) is 4.90. The predicted octanol–water partition coefficient (Wildman–Crippen LogP) is 1.46. The average molecular weight is 298 g/mol. The van der Waals surface area contributed by atoms with Crippen LogP contribution in [0.1, 0.15) is 41.6 Å². The van der Waals surface area contributed by atoms with Gasteiger partial charge in [-0.15, -0.1) is 11.3 Å². The van der Waals surface area contributed by atoms with Crippen LogP contribution in [0, 0.1) is 0 Å². The molecule has 1 aromatic heterocycles. The topological polar surface area (TPSA) is 88.5 Å². The van der Waals surface area contributed by atoms with Gasteiger partial charge in [-0.25, -0.2) is 4.98 Å². The first-order valence-corrected chi connectivity index (χ1v) is 7.49. The Kier molecular flexibility index (Phi) is 4.72. The van der Waals surface area contributed by atoms with Crippen molar-refractivity contribution in [3.05, 3.63) is 16.1 Å². The Balaban J connectivity index is 2.15. The number of hydrogen-bond acceptors (Lipinski definition) is 5. The van der Waals surface area contributed by atoms with Crippen LogP contribution in [0.2, 0.25) is 0 Å². The first kappa shape index (κ1) is 14.9. The number of nitrogens with zero attached hydrogens (tertiary/aromatic N) is 1. The van der Waals surface area contributed by atoms with Gasteiger partial charge in [0.25, 0.3) is 5.91 Å². The zero-order valence-corrected chi connectivity index (χ0v) is 12.2. The summed E-state index contributed by atoms with van der Waals surface area (Å²) < 4.78 is 5.27. The van der Waals surface area contributed by atoms with Crippen LogP contribution in [0.5, 0.6) is 0 Å². The van der Waals surface area contributed by atoms with Gasteiger partial charge >= 0.3 is 5.97 Å². The quantitative estimate of drug-likeness (QED) is 0.859. The minimum Gasteiger partial charge on any atom is -0.481 e. The lowest BCUT2D eigenvalue weighted by Crippen LogP contribution is -2.53. The number of aliphatic carboxylic acids is 1. The van der Waals surface area contributed by atoms with Crippen molar-refractivity contribution in [3.63, 3.8) is 0 Å². The molecule has 2 N–H and O–H groups in total. The number of carbonyl (C=O) groups excluding carboxylic acids is 1. The van der Waals surface area contributed by atoms with E-state index in [-0.39, 0.29) is 12.3 Å². The zero-order chi connectivity index (χ0) is 14.6. The highest BCUT2D eigenvalue weighted by Gasteiger charge is 2.37. The van der Waals surface area contributed by atoms with Crippen molar-refractivity contribution in [3.8, 4) is 0 Å². The first-order valence-electron chi connectivity index (χ1n) is 6.61. The number of nitrogens with one attached hydrogen (secondary N) is 1. The number of aryl methyl sites for hydroxylation is 1. The molecule has 0 aromatic carbocycles. The molecule has 2 heterocycles. The maximum atomic E-state index is 12.4. The minimum atomic E-state index is -0.910. The van der Waals surface area contributed by atoms with E-state index in [1.54, 1.807) is 5.51 Å². The highest BCUT2D eigenvalue weighted by Crippen LogP contribution is 2.26. The van der Waals surface area contributed by atoms with E-state index in [4.69, 9.17) is 9.84 Å². The summed E-state index contributed by atoms with van der Waals surface area (Å²) in [6, 6.07) is 0. The van der Waals surface area contributed by atoms with Gasteiger partial charge in [-0.3, -0.25) is 9.59 Å². The third-order valence-corrected chi connectivity index (χ3v) is 4.37. The van der Waals surface area contributed by atoms with Gasteiger partial charge in [-0.05, 0) is 19.3 Å². The Hall–Kier alpha value is -1.47. The molecular formula is C13H18N2O4S. The second kappa shape index (κ2) is 6.32. The van der Waals surface area contributed by atoms with Crippen LogP contribution in [0.4, 0.5) is 0 Å². The van der Waals surface area contributed by atoms with Gasteiger partial charge in [0.1, 0.15) is 4.88 Å². The Morgan fingerprint density at radius 2 is 2.20 bits per heavy atom. The lowest BCUT2D eigenvalue weighted by atomic mass is 9.86. The number of carboxylic acid groups (broad SMARTS) is 1. The molecule has 0 saturated carbocycles. The first-order chi connectivity index (χ1) is 9.56. The molecule has 7 heteroatoms. The van der Waals surface area contributed by atoms with Crippen molar-refractivity contribution >= 4 is 23.2 Å². The van der Waals surface area contributed by atoms with Gasteiger partial charge in [0.2, 0.25) is 0 Å². The molecule has 1 aliphatic heterocycles. The Morgan fingerprint density at radius 1 is 1.50 bits per heavy atom. The van der Waals surface area contributed by atoms with Crippen LogP contribution < -0.4 is 5.32 Å². The molecule has 6 nitrogen and oxygen atoms in total. The fraction of sp³-hybridized carbons (Fsp3) is 0.615. The maximum Gasteiger partial charge on any atom is 0.305 e. The molecule has 110 valence electrons. The number of ether oxygens (including phenoxy) is 1. The zero-order valence-electron chi connectivity index (χ0n) is 11.3. The van der Waals surface area contributed by atoms with E-state index in [1.165, 1.54) is 11.3 Å². The van der Waals surface area contributed by atoms with Crippen LogP contribution in [0.15, 0.2) is 5.51 Å². The molecule has 0 atom stereocenters. The van der Waals surface area contributed by atoms with Crippen molar-refractivity contribution in [2.75, 3.05) is 13.2 Å². The van der Waals surface area contributed by atoms with Crippen molar-refractivity contribution in [2.45, 2.75) is 38.1 Å². The minimum absolute atomic E-state index is 0.0810. The van der Waals surface area contributed by atoms with Crippen LogP contribution in [-0.2, 0) is 16.0 Å². The summed E-state index contributed by atoms with van der Waals surface area (Å²) in [4.78, 5) is 28.2. The molecule has 1 saturated heterocycles. The fourth-order valence-corrected chi connectivity index (χ4v) is 3.18. The molecule has 1 amide bonds. The fourth-order valence-electron chi connectivity index (χ4n) is 2.40. The van der Waals surface area contributed by atoms with Crippen LogP contribution in [0.25, 0.3) is 0 Å². The summed E-state index contributed by atoms with van der Waals surface area (Å²) in [5, 5.41) is 12.0. The molecule has 0 spiro atoms. The predicted molar refractivity (Wildman–Crippen MR) is 74.0 cm³/mol. The number of amides is 1. The number of carbonyl (C=O) groups is 2. The number of hydrogen-bond donors (Lipinski definition) is 2. The van der Waals surface area contributed by atoms with Gasteiger partial charge in [0.15, 0.2) is 0 Å². The van der Waals surface area contributed by atoms with E-state index in [0.29, 0.717) is 37.4 Å². The second-order valence-corrected chi connectivity index (χ2v) is 5.75. The van der Waals surface area contributed by atoms with E-state index >= 15 is 0 Å². The molecule has 1 aliphatic rings. The van der Waals surface area contributed by atoms with Crippen LogP contribution >= 0.6 is 11.3 Å². The Morgan fingerprint density at radius 3 is 2.80 bits per heavy atom. The van der Waals surface area contributed by atoms with Crippen molar-refractivity contribution in [1.82, 2.24) is 10.3 Å². The summed E-state index contributed by atoms with van der Waals surface area (Å²) in [6.07, 6.45) is 1.64. The summed E-state index contributed by atoms with van der Waals surface area (Å²) >= 11 is 1.29. The molecule has 1 aromatic rings. The molecule has 20 heavy (non-hydrogen) atoms. The summed E-state index contributed by atoms with van der Waals surface area (Å²) in [5.41, 5.74) is 1.68. The number of thiazole rings is 1. The van der Waals surface area contributed by atoms with Gasteiger partial charge in [0, 0.05) is 13.2 Å². The highest BCUT2D eigenvalue weighted by molar-refractivity contribution is 7.11. The van der Waals surface area contributed by atoms with E-state index < -0.39 is 11.5 Å². The third-order valence-electron chi connectivity index (χ3n) is 3.50. The van der Waals surface area contributed by atoms with Crippen LogP contribution in [-0.4, -0.2) is 40.7 Å². The van der Waals surface area contributed by atoms with Gasteiger partial charge in [-0.1, -0.05) is 6.92 Å². The smallest absolute Gasteiger partial charge is 0.305 e. The summed E-state index contributed by atoms with van der Waals surface area (Å²) in [7, 11) is 0. The summed E-state index contributed by atoms with van der Waals surface area (Å²) in [6.45, 7) is 2.88. The lowest BCUT2D eigenvalue weighted by Gasteiger charge is -2.36. The summed E-state index contributed by atoms with van der Waals surface area (Å²) in [5.74, 6) is -1.14. The van der Waals surface area contributed by atoms with E-state index in [9.17, 15) is 9.59 Å². The number of carboxylic acids is 1. The monoisotopic (exact) mass is 298 g/mol. The van der Waals surface area contributed by atoms with Crippen LogP contribution in [0.3, 0.4) is 0 Å². The van der Waals surface area contributed by atoms with Gasteiger partial charge in [0.05, 0.1) is 23.2 Å². The molecule has 0 bridgehead atoms. The van der Waals surface area contributed by atoms with E-state index in [2.05, 4.69) is 10.3 Å². The molecular weight excluding hydrogens is 280 g/mol. The molecule has 0 unspecified atom stereocenters. The number of aromatic nitrogens is 1.